The molecule has 0 aromatic carbocycles. The Kier molecular flexibility index (Phi) is 4.70. The molecule has 0 aliphatic carbocycles. The Morgan fingerprint density at radius 2 is 2.16 bits per heavy atom. The van der Waals surface area contributed by atoms with Crippen LogP contribution in [0.2, 0.25) is 0 Å². The number of rotatable bonds is 3. The van der Waals surface area contributed by atoms with E-state index in [1.165, 1.54) is 35.7 Å². The van der Waals surface area contributed by atoms with E-state index in [0.717, 1.165) is 6.54 Å². The Morgan fingerprint density at radius 3 is 2.74 bits per heavy atom. The van der Waals surface area contributed by atoms with Crippen molar-refractivity contribution in [2.45, 2.75) is 58.5 Å². The molecule has 0 bridgehead atoms. The Balaban J connectivity index is 1.95. The topological polar surface area (TPSA) is 29.3 Å². The van der Waals surface area contributed by atoms with E-state index in [9.17, 15) is 0 Å². The molecule has 1 saturated heterocycles. The van der Waals surface area contributed by atoms with Gasteiger partial charge in [-0.05, 0) is 49.8 Å². The molecule has 0 saturated carbocycles. The number of hydrogen-bond acceptors (Lipinski definition) is 3. The van der Waals surface area contributed by atoms with Gasteiger partial charge in [-0.25, -0.2) is 0 Å². The van der Waals surface area contributed by atoms with E-state index in [1.54, 1.807) is 0 Å². The van der Waals surface area contributed by atoms with Gasteiger partial charge in [-0.2, -0.15) is 0 Å². The lowest BCUT2D eigenvalue weighted by Gasteiger charge is -2.34. The molecular formula is C16H28N2S. The van der Waals surface area contributed by atoms with Gasteiger partial charge in [0.1, 0.15) is 0 Å². The van der Waals surface area contributed by atoms with Gasteiger partial charge in [-0.15, -0.1) is 11.3 Å². The van der Waals surface area contributed by atoms with Gasteiger partial charge in [0.2, 0.25) is 0 Å². The molecule has 3 heteroatoms. The fourth-order valence-electron chi connectivity index (χ4n) is 2.75. The van der Waals surface area contributed by atoms with Gasteiger partial charge in [0.15, 0.2) is 0 Å². The monoisotopic (exact) mass is 280 g/mol. The quantitative estimate of drug-likeness (QED) is 0.916. The number of hydrogen-bond donors (Lipinski definition) is 1. The summed E-state index contributed by atoms with van der Waals surface area (Å²) >= 11 is 1.97. The second-order valence-corrected chi connectivity index (χ2v) is 8.18. The molecule has 2 N–H and O–H groups in total. The van der Waals surface area contributed by atoms with Crippen LogP contribution in [0, 0.1) is 5.92 Å². The van der Waals surface area contributed by atoms with Gasteiger partial charge in [0.05, 0.1) is 0 Å². The van der Waals surface area contributed by atoms with Crippen molar-refractivity contribution in [1.82, 2.24) is 4.90 Å². The molecule has 0 amide bonds. The highest BCUT2D eigenvalue weighted by Gasteiger charge is 2.23. The lowest BCUT2D eigenvalue weighted by Crippen LogP contribution is -2.41. The van der Waals surface area contributed by atoms with Crippen molar-refractivity contribution in [3.63, 3.8) is 0 Å². The summed E-state index contributed by atoms with van der Waals surface area (Å²) < 4.78 is 0. The smallest absolute Gasteiger partial charge is 0.0328 e. The van der Waals surface area contributed by atoms with Gasteiger partial charge in [-0.3, -0.25) is 4.90 Å². The Hall–Kier alpha value is -0.380. The average molecular weight is 280 g/mol. The number of thiophene rings is 1. The molecule has 0 spiro atoms. The summed E-state index contributed by atoms with van der Waals surface area (Å²) in [4.78, 5) is 5.56. The minimum Gasteiger partial charge on any atom is -0.328 e. The Labute approximate surface area is 122 Å². The van der Waals surface area contributed by atoms with Crippen molar-refractivity contribution in [3.05, 3.63) is 21.9 Å². The normalized spacial score (nSPS) is 23.5. The SMILES string of the molecule is CC(N)C1CCCN(Cc2ccc(C(C)(C)C)s2)C1. The molecule has 0 radical (unpaired) electrons. The van der Waals surface area contributed by atoms with Gasteiger partial charge in [-0.1, -0.05) is 20.8 Å². The lowest BCUT2D eigenvalue weighted by atomic mass is 9.92. The predicted molar refractivity (Wildman–Crippen MR) is 84.7 cm³/mol. The second-order valence-electron chi connectivity index (χ2n) is 7.01. The van der Waals surface area contributed by atoms with E-state index in [-0.39, 0.29) is 5.41 Å². The molecule has 2 unspecified atom stereocenters. The average Bonchev–Trinajstić information content (AvgIpc) is 2.77. The van der Waals surface area contributed by atoms with Crippen LogP contribution < -0.4 is 5.73 Å². The number of nitrogens with two attached hydrogens (primary N) is 1. The van der Waals surface area contributed by atoms with Gasteiger partial charge in [0.25, 0.3) is 0 Å². The third kappa shape index (κ3) is 4.04. The second kappa shape index (κ2) is 5.94. The fourth-order valence-corrected chi connectivity index (χ4v) is 3.86. The highest BCUT2D eigenvalue weighted by molar-refractivity contribution is 7.12. The number of nitrogens with zero attached hydrogens (tertiary/aromatic N) is 1. The zero-order valence-corrected chi connectivity index (χ0v) is 13.6. The van der Waals surface area contributed by atoms with Crippen molar-refractivity contribution in [1.29, 1.82) is 0 Å². The van der Waals surface area contributed by atoms with Crippen LogP contribution >= 0.6 is 11.3 Å². The van der Waals surface area contributed by atoms with Crippen molar-refractivity contribution < 1.29 is 0 Å². The summed E-state index contributed by atoms with van der Waals surface area (Å²) in [5, 5.41) is 0. The highest BCUT2D eigenvalue weighted by Crippen LogP contribution is 2.30. The first-order valence-corrected chi connectivity index (χ1v) is 8.25. The van der Waals surface area contributed by atoms with Crippen LogP contribution in [0.1, 0.15) is 50.3 Å². The first-order chi connectivity index (χ1) is 8.86. The summed E-state index contributed by atoms with van der Waals surface area (Å²) in [7, 11) is 0. The van der Waals surface area contributed by atoms with Crippen LogP contribution in [-0.4, -0.2) is 24.0 Å². The first kappa shape index (κ1) is 15.0. The number of likely N-dealkylation sites (tertiary alicyclic amines) is 1. The molecule has 2 atom stereocenters. The molecule has 19 heavy (non-hydrogen) atoms. The molecule has 2 nitrogen and oxygen atoms in total. The third-order valence-electron chi connectivity index (χ3n) is 4.07. The maximum atomic E-state index is 6.06. The Bertz CT molecular complexity index is 403. The summed E-state index contributed by atoms with van der Waals surface area (Å²) in [5.41, 5.74) is 6.34. The van der Waals surface area contributed by atoms with E-state index in [2.05, 4.69) is 44.7 Å². The summed E-state index contributed by atoms with van der Waals surface area (Å²) in [6, 6.07) is 4.93. The van der Waals surface area contributed by atoms with E-state index < -0.39 is 0 Å². The predicted octanol–water partition coefficient (Wildman–Crippen LogP) is 3.60. The van der Waals surface area contributed by atoms with E-state index in [4.69, 9.17) is 5.73 Å². The van der Waals surface area contributed by atoms with E-state index in [0.29, 0.717) is 12.0 Å². The number of piperidine rings is 1. The fraction of sp³-hybridized carbons (Fsp3) is 0.750. The molecular weight excluding hydrogens is 252 g/mol. The first-order valence-electron chi connectivity index (χ1n) is 7.43. The van der Waals surface area contributed by atoms with E-state index >= 15 is 0 Å². The van der Waals surface area contributed by atoms with E-state index in [1.807, 2.05) is 11.3 Å². The Morgan fingerprint density at radius 1 is 1.42 bits per heavy atom. The highest BCUT2D eigenvalue weighted by atomic mass is 32.1. The summed E-state index contributed by atoms with van der Waals surface area (Å²) in [5.74, 6) is 0.677. The molecule has 1 fully saturated rings. The van der Waals surface area contributed by atoms with Gasteiger partial charge < -0.3 is 5.73 Å². The van der Waals surface area contributed by atoms with Crippen LogP contribution in [0.4, 0.5) is 0 Å². The maximum absolute atomic E-state index is 6.06. The van der Waals surface area contributed by atoms with Crippen LogP contribution in [0.5, 0.6) is 0 Å². The van der Waals surface area contributed by atoms with Crippen molar-refractivity contribution in [3.8, 4) is 0 Å². The lowest BCUT2D eigenvalue weighted by molar-refractivity contribution is 0.155. The zero-order chi connectivity index (χ0) is 14.0. The minimum atomic E-state index is 0.277. The molecule has 1 aliphatic rings. The zero-order valence-electron chi connectivity index (χ0n) is 12.8. The van der Waals surface area contributed by atoms with Gasteiger partial charge >= 0.3 is 0 Å². The molecule has 1 aliphatic heterocycles. The minimum absolute atomic E-state index is 0.277. The van der Waals surface area contributed by atoms with Crippen LogP contribution in [0.3, 0.4) is 0 Å². The van der Waals surface area contributed by atoms with Crippen molar-refractivity contribution >= 4 is 11.3 Å². The van der Waals surface area contributed by atoms with Crippen LogP contribution in [0.25, 0.3) is 0 Å². The van der Waals surface area contributed by atoms with Crippen LogP contribution in [0.15, 0.2) is 12.1 Å². The molecule has 108 valence electrons. The molecule has 1 aromatic rings. The standard InChI is InChI=1S/C16H28N2S/c1-12(17)13-6-5-9-18(10-13)11-14-7-8-15(19-14)16(2,3)4/h7-8,12-13H,5-6,9-11,17H2,1-4H3. The van der Waals surface area contributed by atoms with Crippen LogP contribution in [-0.2, 0) is 12.0 Å². The molecule has 2 rings (SSSR count). The van der Waals surface area contributed by atoms with Crippen molar-refractivity contribution in [2.75, 3.05) is 13.1 Å². The van der Waals surface area contributed by atoms with Gasteiger partial charge in [0, 0.05) is 28.9 Å². The van der Waals surface area contributed by atoms with Crippen molar-refractivity contribution in [2.24, 2.45) is 11.7 Å². The molecule has 2 heterocycles. The summed E-state index contributed by atoms with van der Waals surface area (Å²) in [6.45, 7) is 12.5. The largest absolute Gasteiger partial charge is 0.328 e. The summed E-state index contributed by atoms with van der Waals surface area (Å²) in [6.07, 6.45) is 2.59. The molecule has 1 aromatic heterocycles. The third-order valence-corrected chi connectivity index (χ3v) is 5.56. The maximum Gasteiger partial charge on any atom is 0.0328 e.